The van der Waals surface area contributed by atoms with Gasteiger partial charge in [0, 0.05) is 49.1 Å². The van der Waals surface area contributed by atoms with Gasteiger partial charge in [0.15, 0.2) is 0 Å². The maximum Gasteiger partial charge on any atom is 0.303 e. The molecular formula is C38H44N3O2S+. The number of unbranched alkanes of at least 4 members (excludes halogenated alkanes) is 2. The van der Waals surface area contributed by atoms with Crippen molar-refractivity contribution in [2.45, 2.75) is 53.0 Å². The van der Waals surface area contributed by atoms with Crippen molar-refractivity contribution in [2.75, 3.05) is 24.5 Å². The molecule has 0 aliphatic carbocycles. The monoisotopic (exact) mass is 606 g/mol. The molecule has 0 spiro atoms. The zero-order valence-corrected chi connectivity index (χ0v) is 27.2. The summed E-state index contributed by atoms with van der Waals surface area (Å²) in [5, 5.41) is 10.2. The van der Waals surface area contributed by atoms with Crippen LogP contribution in [0.4, 0.5) is 5.69 Å². The normalized spacial score (nSPS) is 14.2. The molecule has 1 aliphatic rings. The van der Waals surface area contributed by atoms with E-state index in [9.17, 15) is 4.79 Å². The SMILES string of the molecule is CCN(CC)Cc1ccc(C(=C\c2sc3ccc(C)cc3[n+]2C)/C=C2\C=CN(CCCCCC(=O)O)c3ccccc32)cc1. The molecule has 0 saturated carbocycles. The van der Waals surface area contributed by atoms with Crippen molar-refractivity contribution in [1.82, 2.24) is 4.90 Å². The maximum absolute atomic E-state index is 10.9. The first-order chi connectivity index (χ1) is 21.4. The van der Waals surface area contributed by atoms with Crippen molar-refractivity contribution < 1.29 is 14.5 Å². The summed E-state index contributed by atoms with van der Waals surface area (Å²) in [5.41, 5.74) is 9.80. The number of rotatable bonds is 13. The van der Waals surface area contributed by atoms with E-state index < -0.39 is 5.97 Å². The lowest BCUT2D eigenvalue weighted by molar-refractivity contribution is -0.642. The Kier molecular flexibility index (Phi) is 10.5. The molecule has 0 fully saturated rings. The van der Waals surface area contributed by atoms with Gasteiger partial charge in [0.2, 0.25) is 5.52 Å². The first-order valence-electron chi connectivity index (χ1n) is 15.8. The maximum atomic E-state index is 10.9. The topological polar surface area (TPSA) is 47.7 Å². The number of para-hydroxylation sites is 1. The van der Waals surface area contributed by atoms with E-state index >= 15 is 0 Å². The van der Waals surface area contributed by atoms with Crippen LogP contribution in [0.25, 0.3) is 27.4 Å². The first kappa shape index (κ1) is 31.4. The lowest BCUT2D eigenvalue weighted by Crippen LogP contribution is -2.29. The number of carboxylic acid groups (broad SMARTS) is 1. The molecule has 0 saturated heterocycles. The summed E-state index contributed by atoms with van der Waals surface area (Å²) >= 11 is 1.82. The van der Waals surface area contributed by atoms with Gasteiger partial charge < -0.3 is 10.0 Å². The Bertz CT molecular complexity index is 1690. The zero-order chi connectivity index (χ0) is 31.1. The van der Waals surface area contributed by atoms with E-state index in [0.29, 0.717) is 0 Å². The molecule has 2 heterocycles. The smallest absolute Gasteiger partial charge is 0.303 e. The van der Waals surface area contributed by atoms with Crippen LogP contribution >= 0.6 is 11.3 Å². The van der Waals surface area contributed by atoms with Crippen LogP contribution in [0.5, 0.6) is 0 Å². The molecular weight excluding hydrogens is 563 g/mol. The zero-order valence-electron chi connectivity index (χ0n) is 26.4. The molecule has 5 nitrogen and oxygen atoms in total. The van der Waals surface area contributed by atoms with Gasteiger partial charge in [0.1, 0.15) is 11.7 Å². The van der Waals surface area contributed by atoms with E-state index in [4.69, 9.17) is 5.11 Å². The minimum absolute atomic E-state index is 0.238. The number of carboxylic acids is 1. The van der Waals surface area contributed by atoms with Crippen LogP contribution in [-0.2, 0) is 18.4 Å². The fraction of sp³-hybridized carbons (Fsp3) is 0.316. The molecule has 0 radical (unpaired) electrons. The largest absolute Gasteiger partial charge is 0.481 e. The Morgan fingerprint density at radius 2 is 1.77 bits per heavy atom. The van der Waals surface area contributed by atoms with Crippen LogP contribution in [0.3, 0.4) is 0 Å². The van der Waals surface area contributed by atoms with Crippen molar-refractivity contribution in [3.8, 4) is 0 Å². The number of aromatic nitrogens is 1. The van der Waals surface area contributed by atoms with Crippen molar-refractivity contribution in [2.24, 2.45) is 7.05 Å². The number of carbonyl (C=O) groups is 1. The molecule has 228 valence electrons. The average Bonchev–Trinajstić information content (AvgIpc) is 3.34. The van der Waals surface area contributed by atoms with Crippen LogP contribution in [0.2, 0.25) is 0 Å². The number of allylic oxidation sites excluding steroid dienone is 4. The van der Waals surface area contributed by atoms with E-state index in [-0.39, 0.29) is 6.42 Å². The summed E-state index contributed by atoms with van der Waals surface area (Å²) in [5.74, 6) is -0.718. The Hall–Kier alpha value is -4.00. The summed E-state index contributed by atoms with van der Waals surface area (Å²) in [4.78, 5) is 15.6. The Morgan fingerprint density at radius 1 is 1.00 bits per heavy atom. The first-order valence-corrected chi connectivity index (χ1v) is 16.6. The van der Waals surface area contributed by atoms with Gasteiger partial charge in [-0.3, -0.25) is 9.69 Å². The van der Waals surface area contributed by atoms with Gasteiger partial charge in [0.05, 0.1) is 0 Å². The van der Waals surface area contributed by atoms with Crippen LogP contribution in [0.1, 0.15) is 66.8 Å². The van der Waals surface area contributed by atoms with Gasteiger partial charge in [-0.1, -0.05) is 80.1 Å². The minimum Gasteiger partial charge on any atom is -0.481 e. The predicted molar refractivity (Wildman–Crippen MR) is 186 cm³/mol. The van der Waals surface area contributed by atoms with E-state index in [1.165, 1.54) is 54.3 Å². The third-order valence-corrected chi connectivity index (χ3v) is 9.61. The van der Waals surface area contributed by atoms with Gasteiger partial charge in [0.25, 0.3) is 5.01 Å². The molecule has 3 aromatic carbocycles. The van der Waals surface area contributed by atoms with Gasteiger partial charge in [-0.25, -0.2) is 0 Å². The predicted octanol–water partition coefficient (Wildman–Crippen LogP) is 8.48. The number of nitrogens with zero attached hydrogens (tertiary/aromatic N) is 3. The highest BCUT2D eigenvalue weighted by molar-refractivity contribution is 7.18. The number of fused-ring (bicyclic) bond motifs is 2. The fourth-order valence-electron chi connectivity index (χ4n) is 5.78. The number of benzene rings is 3. The van der Waals surface area contributed by atoms with Crippen molar-refractivity contribution >= 4 is 50.4 Å². The number of hydrogen-bond donors (Lipinski definition) is 1. The van der Waals surface area contributed by atoms with Crippen LogP contribution in [-0.4, -0.2) is 35.6 Å². The summed E-state index contributed by atoms with van der Waals surface area (Å²) in [7, 11) is 2.16. The number of aliphatic carboxylic acids is 1. The van der Waals surface area contributed by atoms with E-state index in [2.05, 4.69) is 133 Å². The van der Waals surface area contributed by atoms with Gasteiger partial charge in [-0.2, -0.15) is 4.57 Å². The second-order valence-corrected chi connectivity index (χ2v) is 12.6. The van der Waals surface area contributed by atoms with Gasteiger partial charge in [-0.05, 0) is 85.0 Å². The summed E-state index contributed by atoms with van der Waals surface area (Å²) in [6, 6.07) is 24.3. The van der Waals surface area contributed by atoms with Gasteiger partial charge >= 0.3 is 5.97 Å². The molecule has 1 aliphatic heterocycles. The molecule has 1 N–H and O–H groups in total. The van der Waals surface area contributed by atoms with Crippen LogP contribution < -0.4 is 9.47 Å². The van der Waals surface area contributed by atoms with E-state index in [1.54, 1.807) is 0 Å². The number of hydrogen-bond acceptors (Lipinski definition) is 4. The van der Waals surface area contributed by atoms with Crippen molar-refractivity contribution in [3.05, 3.63) is 112 Å². The Morgan fingerprint density at radius 3 is 2.52 bits per heavy atom. The summed E-state index contributed by atoms with van der Waals surface area (Å²) in [6.45, 7) is 10.5. The second-order valence-electron chi connectivity index (χ2n) is 11.6. The Labute approximate surface area is 266 Å². The van der Waals surface area contributed by atoms with E-state index in [1.807, 2.05) is 11.3 Å². The van der Waals surface area contributed by atoms with Crippen molar-refractivity contribution in [3.63, 3.8) is 0 Å². The molecule has 0 unspecified atom stereocenters. The Balaban J connectivity index is 1.51. The molecule has 1 aromatic heterocycles. The highest BCUT2D eigenvalue weighted by Gasteiger charge is 2.19. The molecule has 4 aromatic rings. The summed E-state index contributed by atoms with van der Waals surface area (Å²) in [6.07, 6.45) is 11.9. The summed E-state index contributed by atoms with van der Waals surface area (Å²) < 4.78 is 3.59. The molecule has 0 amide bonds. The third-order valence-electron chi connectivity index (χ3n) is 8.45. The average molecular weight is 607 g/mol. The van der Waals surface area contributed by atoms with Crippen molar-refractivity contribution in [1.29, 1.82) is 0 Å². The lowest BCUT2D eigenvalue weighted by atomic mass is 9.94. The number of thiazole rings is 1. The highest BCUT2D eigenvalue weighted by atomic mass is 32.1. The molecule has 44 heavy (non-hydrogen) atoms. The lowest BCUT2D eigenvalue weighted by Gasteiger charge is -2.28. The molecule has 0 bridgehead atoms. The molecule has 5 rings (SSSR count). The molecule has 6 heteroatoms. The van der Waals surface area contributed by atoms with Gasteiger partial charge in [-0.15, -0.1) is 0 Å². The minimum atomic E-state index is -0.718. The fourth-order valence-corrected chi connectivity index (χ4v) is 6.87. The standard InChI is InChI=1S/C38H43N3O2S/c1-5-40(6-2)27-29-16-18-30(19-17-29)32(26-37-39(4)35-24-28(3)15-20-36(35)44-37)25-31-21-23-41(22-11-7-8-14-38(42)43)34-13-10-9-12-33(31)34/h9-10,12-13,15-21,23-26H,5-8,11,14,22,27H2,1-4H3/p+1. The highest BCUT2D eigenvalue weighted by Crippen LogP contribution is 2.36. The number of aryl methyl sites for hydroxylation is 2. The van der Waals surface area contributed by atoms with E-state index in [0.717, 1.165) is 45.4 Å². The third kappa shape index (κ3) is 7.55. The number of anilines is 1. The second kappa shape index (κ2) is 14.7. The molecule has 0 atom stereocenters. The quantitative estimate of drug-likeness (QED) is 0.123. The van der Waals surface area contributed by atoms with Crippen LogP contribution in [0.15, 0.2) is 85.1 Å². The van der Waals surface area contributed by atoms with Crippen LogP contribution in [0, 0.1) is 6.92 Å².